The summed E-state index contributed by atoms with van der Waals surface area (Å²) >= 11 is 0. The molecule has 1 aliphatic heterocycles. The van der Waals surface area contributed by atoms with Gasteiger partial charge in [0.1, 0.15) is 5.69 Å². The van der Waals surface area contributed by atoms with Crippen LogP contribution in [-0.4, -0.2) is 41.6 Å². The van der Waals surface area contributed by atoms with Gasteiger partial charge in [-0.15, -0.1) is 0 Å². The van der Waals surface area contributed by atoms with E-state index < -0.39 is 27.7 Å². The number of halogens is 2. The zero-order valence-corrected chi connectivity index (χ0v) is 12.4. The smallest absolute Gasteiger partial charge is 0.280 e. The molecule has 0 atom stereocenters. The molecular formula is C12H17F2N3O3S. The molecule has 0 aromatic carbocycles. The fourth-order valence-corrected chi connectivity index (χ4v) is 3.27. The highest BCUT2D eigenvalue weighted by Crippen LogP contribution is 2.20. The first-order valence-corrected chi connectivity index (χ1v) is 8.42. The topological polar surface area (TPSA) is 72.3 Å². The van der Waals surface area contributed by atoms with Crippen molar-refractivity contribution in [2.45, 2.75) is 25.8 Å². The second-order valence-electron chi connectivity index (χ2n) is 5.21. The van der Waals surface area contributed by atoms with Crippen LogP contribution in [0.1, 0.15) is 25.0 Å². The van der Waals surface area contributed by atoms with Crippen LogP contribution < -0.4 is 5.56 Å². The quantitative estimate of drug-likeness (QED) is 0.824. The molecule has 1 aromatic rings. The van der Waals surface area contributed by atoms with Crippen molar-refractivity contribution in [1.29, 1.82) is 0 Å². The highest BCUT2D eigenvalue weighted by Gasteiger charge is 2.25. The van der Waals surface area contributed by atoms with E-state index in [0.29, 0.717) is 32.5 Å². The average molecular weight is 321 g/mol. The second-order valence-corrected chi connectivity index (χ2v) is 7.19. The molecule has 2 rings (SSSR count). The molecule has 0 unspecified atom stereocenters. The van der Waals surface area contributed by atoms with Gasteiger partial charge in [-0.25, -0.2) is 26.5 Å². The Hall–Kier alpha value is -1.35. The van der Waals surface area contributed by atoms with Crippen LogP contribution in [0.15, 0.2) is 17.2 Å². The minimum Gasteiger partial charge on any atom is -0.299 e. The predicted molar refractivity (Wildman–Crippen MR) is 72.6 cm³/mol. The predicted octanol–water partition coefficient (Wildman–Crippen LogP) is 0.852. The lowest BCUT2D eigenvalue weighted by Gasteiger charge is -2.30. The van der Waals surface area contributed by atoms with Crippen LogP contribution in [0.5, 0.6) is 0 Å². The lowest BCUT2D eigenvalue weighted by atomic mass is 9.98. The maximum absolute atomic E-state index is 12.4. The Morgan fingerprint density at radius 2 is 2.00 bits per heavy atom. The third kappa shape index (κ3) is 4.07. The van der Waals surface area contributed by atoms with Crippen molar-refractivity contribution in [3.05, 3.63) is 28.4 Å². The van der Waals surface area contributed by atoms with E-state index in [0.717, 1.165) is 12.4 Å². The zero-order valence-electron chi connectivity index (χ0n) is 11.6. The first-order chi connectivity index (χ1) is 9.77. The minimum absolute atomic E-state index is 0.139. The molecule has 2 heterocycles. The molecular weight excluding hydrogens is 304 g/mol. The van der Waals surface area contributed by atoms with E-state index in [1.165, 1.54) is 15.1 Å². The minimum atomic E-state index is -3.18. The molecule has 21 heavy (non-hydrogen) atoms. The highest BCUT2D eigenvalue weighted by atomic mass is 32.2. The summed E-state index contributed by atoms with van der Waals surface area (Å²) in [5.41, 5.74) is -1.03. The Bertz CT molecular complexity index is 652. The van der Waals surface area contributed by atoms with Gasteiger partial charge >= 0.3 is 0 Å². The van der Waals surface area contributed by atoms with Crippen molar-refractivity contribution in [1.82, 2.24) is 13.9 Å². The number of sulfonamides is 1. The van der Waals surface area contributed by atoms with Crippen LogP contribution >= 0.6 is 0 Å². The standard InChI is InChI=1S/C12H17F2N3O3S/c1-21(19,20)17-4-2-9(3-5-17)7-16-8-15-10(12(13)14)6-11(16)18/h6,8-9,12H,2-5,7H2,1H3. The van der Waals surface area contributed by atoms with Crippen LogP contribution in [-0.2, 0) is 16.6 Å². The molecule has 0 amide bonds. The Morgan fingerprint density at radius 3 is 2.48 bits per heavy atom. The van der Waals surface area contributed by atoms with Gasteiger partial charge in [-0.1, -0.05) is 0 Å². The van der Waals surface area contributed by atoms with Gasteiger partial charge in [0.2, 0.25) is 10.0 Å². The molecule has 6 nitrogen and oxygen atoms in total. The number of hydrogen-bond acceptors (Lipinski definition) is 4. The third-order valence-corrected chi connectivity index (χ3v) is 4.92. The maximum atomic E-state index is 12.4. The molecule has 0 aliphatic carbocycles. The third-order valence-electron chi connectivity index (χ3n) is 3.62. The fourth-order valence-electron chi connectivity index (χ4n) is 2.40. The molecule has 0 N–H and O–H groups in total. The molecule has 0 radical (unpaired) electrons. The molecule has 1 fully saturated rings. The summed E-state index contributed by atoms with van der Waals surface area (Å²) in [5.74, 6) is 0.139. The lowest BCUT2D eigenvalue weighted by molar-refractivity contribution is 0.145. The summed E-state index contributed by atoms with van der Waals surface area (Å²) < 4.78 is 50.3. The summed E-state index contributed by atoms with van der Waals surface area (Å²) in [5, 5.41) is 0. The average Bonchev–Trinajstić information content (AvgIpc) is 2.40. The number of piperidine rings is 1. The van der Waals surface area contributed by atoms with E-state index in [9.17, 15) is 22.0 Å². The zero-order chi connectivity index (χ0) is 15.6. The van der Waals surface area contributed by atoms with Gasteiger partial charge in [0, 0.05) is 25.7 Å². The van der Waals surface area contributed by atoms with Gasteiger partial charge in [0.05, 0.1) is 12.6 Å². The molecule has 0 spiro atoms. The Kier molecular flexibility index (Phi) is 4.72. The first kappa shape index (κ1) is 16.0. The summed E-state index contributed by atoms with van der Waals surface area (Å²) in [7, 11) is -3.18. The van der Waals surface area contributed by atoms with Crippen molar-refractivity contribution in [2.75, 3.05) is 19.3 Å². The van der Waals surface area contributed by atoms with Crippen LogP contribution in [0.3, 0.4) is 0 Å². The molecule has 0 saturated carbocycles. The number of aromatic nitrogens is 2. The van der Waals surface area contributed by atoms with E-state index in [-0.39, 0.29) is 5.92 Å². The van der Waals surface area contributed by atoms with Crippen molar-refractivity contribution in [3.63, 3.8) is 0 Å². The summed E-state index contributed by atoms with van der Waals surface area (Å²) in [6.45, 7) is 1.20. The number of rotatable bonds is 4. The Balaban J connectivity index is 2.00. The lowest BCUT2D eigenvalue weighted by Crippen LogP contribution is -2.39. The van der Waals surface area contributed by atoms with E-state index in [2.05, 4.69) is 4.98 Å². The molecule has 1 aromatic heterocycles. The van der Waals surface area contributed by atoms with Crippen molar-refractivity contribution >= 4 is 10.0 Å². The summed E-state index contributed by atoms with van der Waals surface area (Å²) in [6, 6.07) is 0.844. The summed E-state index contributed by atoms with van der Waals surface area (Å²) in [4.78, 5) is 15.3. The van der Waals surface area contributed by atoms with E-state index in [1.54, 1.807) is 0 Å². The van der Waals surface area contributed by atoms with E-state index in [1.807, 2.05) is 0 Å². The number of alkyl halides is 2. The molecule has 118 valence electrons. The summed E-state index contributed by atoms with van der Waals surface area (Å²) in [6.07, 6.45) is 0.814. The van der Waals surface area contributed by atoms with Crippen LogP contribution in [0.2, 0.25) is 0 Å². The van der Waals surface area contributed by atoms with Gasteiger partial charge in [-0.3, -0.25) is 9.36 Å². The number of hydrogen-bond donors (Lipinski definition) is 0. The van der Waals surface area contributed by atoms with Gasteiger partial charge < -0.3 is 0 Å². The van der Waals surface area contributed by atoms with E-state index >= 15 is 0 Å². The normalized spacial score (nSPS) is 18.3. The van der Waals surface area contributed by atoms with Crippen LogP contribution in [0.4, 0.5) is 8.78 Å². The molecule has 1 aliphatic rings. The highest BCUT2D eigenvalue weighted by molar-refractivity contribution is 7.88. The fraction of sp³-hybridized carbons (Fsp3) is 0.667. The first-order valence-electron chi connectivity index (χ1n) is 6.57. The van der Waals surface area contributed by atoms with Gasteiger partial charge in [0.15, 0.2) is 0 Å². The molecule has 1 saturated heterocycles. The van der Waals surface area contributed by atoms with E-state index in [4.69, 9.17) is 0 Å². The largest absolute Gasteiger partial charge is 0.299 e. The SMILES string of the molecule is CS(=O)(=O)N1CCC(Cn2cnc(C(F)F)cc2=O)CC1. The maximum Gasteiger partial charge on any atom is 0.280 e. The monoisotopic (exact) mass is 321 g/mol. The van der Waals surface area contributed by atoms with Gasteiger partial charge in [-0.05, 0) is 18.8 Å². The van der Waals surface area contributed by atoms with Crippen LogP contribution in [0, 0.1) is 5.92 Å². The second kappa shape index (κ2) is 6.18. The number of nitrogens with zero attached hydrogens (tertiary/aromatic N) is 3. The van der Waals surface area contributed by atoms with Gasteiger partial charge in [0.25, 0.3) is 12.0 Å². The van der Waals surface area contributed by atoms with Crippen LogP contribution in [0.25, 0.3) is 0 Å². The van der Waals surface area contributed by atoms with Crippen molar-refractivity contribution in [3.8, 4) is 0 Å². The van der Waals surface area contributed by atoms with Crippen molar-refractivity contribution < 1.29 is 17.2 Å². The Morgan fingerprint density at radius 1 is 1.38 bits per heavy atom. The van der Waals surface area contributed by atoms with Gasteiger partial charge in [-0.2, -0.15) is 0 Å². The Labute approximate surface area is 121 Å². The molecule has 0 bridgehead atoms. The molecule has 9 heteroatoms. The van der Waals surface area contributed by atoms with Crippen molar-refractivity contribution in [2.24, 2.45) is 5.92 Å².